The summed E-state index contributed by atoms with van der Waals surface area (Å²) < 4.78 is 7.50. The Kier molecular flexibility index (Phi) is 138. The number of carboxylic acids is 5. The Morgan fingerprint density at radius 1 is 0.741 bits per heavy atom. The molecule has 0 aromatic rings. The van der Waals surface area contributed by atoms with Crippen LogP contribution in [0.4, 0.5) is 0 Å². The number of hydrogen-bond donors (Lipinski definition) is 5. The van der Waals surface area contributed by atoms with E-state index in [-0.39, 0.29) is 39.4 Å². The van der Waals surface area contributed by atoms with Crippen LogP contribution in [-0.4, -0.2) is 72.5 Å². The molecule has 27 heavy (non-hydrogen) atoms. The zero-order valence-corrected chi connectivity index (χ0v) is 11.7. The second-order valence-corrected chi connectivity index (χ2v) is 2.18. The Morgan fingerprint density at radius 3 is 0.852 bits per heavy atom. The molecule has 15 heteroatoms. The molecule has 0 aliphatic carbocycles. The number of carboxylic acid groups (broad SMARTS) is 5. The van der Waals surface area contributed by atoms with E-state index in [1.54, 1.807) is 0 Å². The van der Waals surface area contributed by atoms with Crippen molar-refractivity contribution in [1.29, 1.82) is 0 Å². The monoisotopic (exact) mass is 410 g/mol. The second kappa shape index (κ2) is 57.1. The third kappa shape index (κ3) is 483. The van der Waals surface area contributed by atoms with E-state index in [0.29, 0.717) is 0 Å². The zero-order valence-electron chi connectivity index (χ0n) is 11.7. The van der Waals surface area contributed by atoms with E-state index in [1.165, 1.54) is 0 Å². The summed E-state index contributed by atoms with van der Waals surface area (Å²) >= 11 is 0. The van der Waals surface area contributed by atoms with E-state index in [2.05, 4.69) is 6.65 Å². The standard InChI is InChI=1S/C3H4O4.C2H2O4.C2H4O2.CO2.CO.3CH4.2H2O/c4-2(5)1-3(6)7;3-1(4)2(5)6;1-2(3)4;2-1-3;1-2;;;;;/h1H2,(H,4,5)(H,6,7);(H,3,4)(H,5,6);1H3,(H,3,4);;;3*1H4;2*1H2. The minimum atomic E-state index is -1.82. The van der Waals surface area contributed by atoms with Crippen LogP contribution in [0.1, 0.15) is 35.6 Å². The van der Waals surface area contributed by atoms with Gasteiger partial charge in [-0.15, -0.1) is 0 Å². The summed E-state index contributed by atoms with van der Waals surface area (Å²) in [7, 11) is 0. The Labute approximate surface area is 154 Å². The molecule has 164 valence electrons. The van der Waals surface area contributed by atoms with Crippen molar-refractivity contribution >= 4 is 36.0 Å². The Hall–Kier alpha value is -3.61. The molecule has 0 aliphatic heterocycles. The molecule has 9 N–H and O–H groups in total. The van der Waals surface area contributed by atoms with Crippen molar-refractivity contribution in [3.05, 3.63) is 6.65 Å². The fourth-order valence-electron chi connectivity index (χ4n) is 0.129. The van der Waals surface area contributed by atoms with Gasteiger partial charge in [0.15, 0.2) is 0 Å². The maximum atomic E-state index is 9.43. The zero-order chi connectivity index (χ0) is 19.3. The molecule has 0 radical (unpaired) electrons. The molecule has 0 atom stereocenters. The van der Waals surface area contributed by atoms with Crippen LogP contribution in [-0.2, 0) is 38.2 Å². The SMILES string of the molecule is C.C.C.CC(=O)O.O.O.O=C(O)C(=O)O.O=C(O)CC(=O)O.O=C=O.[C-]#[O+]. The van der Waals surface area contributed by atoms with Crippen LogP contribution >= 0.6 is 0 Å². The summed E-state index contributed by atoms with van der Waals surface area (Å²) in [4.78, 5) is 62.3. The van der Waals surface area contributed by atoms with E-state index < -0.39 is 36.3 Å². The van der Waals surface area contributed by atoms with Crippen LogP contribution in [0.5, 0.6) is 0 Å². The predicted molar refractivity (Wildman–Crippen MR) is 84.8 cm³/mol. The van der Waals surface area contributed by atoms with Gasteiger partial charge in [0.2, 0.25) is 0 Å². The van der Waals surface area contributed by atoms with Gasteiger partial charge in [0, 0.05) is 6.92 Å². The Balaban J connectivity index is -0.0000000168. The van der Waals surface area contributed by atoms with Crippen molar-refractivity contribution in [1.82, 2.24) is 0 Å². The molecule has 0 amide bonds. The average molecular weight is 410 g/mol. The molecule has 0 heterocycles. The molecule has 0 bridgehead atoms. The van der Waals surface area contributed by atoms with Gasteiger partial charge in [0.25, 0.3) is 5.97 Å². The average Bonchev–Trinajstić information content (AvgIpc) is 2.30. The first-order valence-corrected chi connectivity index (χ1v) is 4.21. The van der Waals surface area contributed by atoms with E-state index in [9.17, 15) is 9.59 Å². The van der Waals surface area contributed by atoms with Gasteiger partial charge >= 0.3 is 41.3 Å². The van der Waals surface area contributed by atoms with Crippen molar-refractivity contribution < 1.29 is 74.7 Å². The van der Waals surface area contributed by atoms with Crippen LogP contribution < -0.4 is 0 Å². The molecule has 0 spiro atoms. The molecule has 0 unspecified atom stereocenters. The fourth-order valence-corrected chi connectivity index (χ4v) is 0.129. The van der Waals surface area contributed by atoms with Gasteiger partial charge in [0.05, 0.1) is 0 Å². The Bertz CT molecular complexity index is 390. The fraction of sp³-hybridized carbons (Fsp3) is 0.417. The van der Waals surface area contributed by atoms with E-state index in [1.807, 2.05) is 0 Å². The van der Waals surface area contributed by atoms with Gasteiger partial charge in [-0.05, 0) is 0 Å². The molecule has 0 aliphatic rings. The van der Waals surface area contributed by atoms with E-state index in [4.69, 9.17) is 54.2 Å². The molecular weight excluding hydrogens is 384 g/mol. The summed E-state index contributed by atoms with van der Waals surface area (Å²) in [5, 5.41) is 37.6. The van der Waals surface area contributed by atoms with Crippen molar-refractivity contribution in [3.8, 4) is 0 Å². The number of carbonyl (C=O) groups excluding carboxylic acids is 2. The number of rotatable bonds is 2. The van der Waals surface area contributed by atoms with Crippen LogP contribution in [0, 0.1) is 6.65 Å². The molecule has 0 fully saturated rings. The molecule has 0 aromatic heterocycles. The topological polar surface area (TPSA) is 304 Å². The normalized spacial score (nSPS) is 5.00. The summed E-state index contributed by atoms with van der Waals surface area (Å²) in [6, 6.07) is 0. The first-order chi connectivity index (χ1) is 9.91. The van der Waals surface area contributed by atoms with Crippen molar-refractivity contribution in [2.24, 2.45) is 0 Å². The third-order valence-electron chi connectivity index (χ3n) is 0.485. The predicted octanol–water partition coefficient (Wildman–Crippen LogP) is -1.57. The van der Waals surface area contributed by atoms with Crippen LogP contribution in [0.2, 0.25) is 0 Å². The van der Waals surface area contributed by atoms with Crippen molar-refractivity contribution in [2.45, 2.75) is 35.6 Å². The first-order valence-electron chi connectivity index (χ1n) is 4.21. The van der Waals surface area contributed by atoms with Crippen LogP contribution in [0.25, 0.3) is 0 Å². The number of hydrogen-bond acceptors (Lipinski definition) is 7. The first kappa shape index (κ1) is 65.4. The van der Waals surface area contributed by atoms with E-state index >= 15 is 0 Å². The maximum absolute atomic E-state index is 9.43. The molecule has 15 nitrogen and oxygen atoms in total. The van der Waals surface area contributed by atoms with Gasteiger partial charge in [-0.2, -0.15) is 9.59 Å². The summed E-state index contributed by atoms with van der Waals surface area (Å²) in [5.41, 5.74) is 0. The van der Waals surface area contributed by atoms with Gasteiger partial charge in [0.1, 0.15) is 6.42 Å². The van der Waals surface area contributed by atoms with Crippen molar-refractivity contribution in [2.75, 3.05) is 0 Å². The number of aliphatic carboxylic acids is 5. The van der Waals surface area contributed by atoms with Gasteiger partial charge in [-0.25, -0.2) is 9.59 Å². The molecular formula is C12H26O15. The second-order valence-electron chi connectivity index (χ2n) is 2.18. The quantitative estimate of drug-likeness (QED) is 0.149. The summed E-state index contributed by atoms with van der Waals surface area (Å²) in [6.45, 7) is 5.58. The summed E-state index contributed by atoms with van der Waals surface area (Å²) in [6.07, 6.45) is -0.556. The minimum absolute atomic E-state index is 0. The van der Waals surface area contributed by atoms with Crippen LogP contribution in [0.3, 0.4) is 0 Å². The van der Waals surface area contributed by atoms with Gasteiger partial charge in [-0.3, -0.25) is 14.4 Å². The van der Waals surface area contributed by atoms with E-state index in [0.717, 1.165) is 6.92 Å². The molecule has 0 rings (SSSR count). The molecule has 0 saturated heterocycles. The number of carbonyl (C=O) groups is 5. The van der Waals surface area contributed by atoms with Crippen molar-refractivity contribution in [3.63, 3.8) is 0 Å². The third-order valence-corrected chi connectivity index (χ3v) is 0.485. The van der Waals surface area contributed by atoms with Gasteiger partial charge in [-0.1, -0.05) is 22.3 Å². The molecule has 0 saturated carbocycles. The summed E-state index contributed by atoms with van der Waals surface area (Å²) in [5.74, 6) is -7.11. The van der Waals surface area contributed by atoms with Gasteiger partial charge < -0.3 is 36.5 Å². The van der Waals surface area contributed by atoms with Crippen LogP contribution in [0.15, 0.2) is 0 Å². The molecule has 0 aromatic carbocycles. The Morgan fingerprint density at radius 2 is 0.852 bits per heavy atom.